The molecule has 0 aliphatic heterocycles. The van der Waals surface area contributed by atoms with Gasteiger partial charge in [-0.15, -0.1) is 0 Å². The molecule has 7 nitrogen and oxygen atoms in total. The average Bonchev–Trinajstić information content (AvgIpc) is 2.35. The van der Waals surface area contributed by atoms with Gasteiger partial charge in [0, 0.05) is 12.1 Å². The smallest absolute Gasteiger partial charge is 0.270 e. The van der Waals surface area contributed by atoms with Crippen molar-refractivity contribution in [2.75, 3.05) is 6.61 Å². The van der Waals surface area contributed by atoms with E-state index < -0.39 is 16.7 Å². The first-order chi connectivity index (χ1) is 8.82. The summed E-state index contributed by atoms with van der Waals surface area (Å²) in [6, 6.07) is 3.71. The number of hydrogen-bond acceptors (Lipinski definition) is 5. The zero-order valence-corrected chi connectivity index (χ0v) is 10.6. The maximum Gasteiger partial charge on any atom is 0.270 e. The van der Waals surface area contributed by atoms with Crippen LogP contribution in [0.5, 0.6) is 5.75 Å². The minimum Gasteiger partial charge on any atom is -0.492 e. The highest BCUT2D eigenvalue weighted by molar-refractivity contribution is 5.97. The highest BCUT2D eigenvalue weighted by Gasteiger charge is 2.16. The Kier molecular flexibility index (Phi) is 4.57. The average molecular weight is 266 g/mol. The molecule has 1 rings (SSSR count). The van der Waals surface area contributed by atoms with Gasteiger partial charge in [-0.05, 0) is 13.0 Å². The largest absolute Gasteiger partial charge is 0.492 e. The summed E-state index contributed by atoms with van der Waals surface area (Å²) in [6.07, 6.45) is 0. The molecule has 1 aromatic carbocycles. The lowest BCUT2D eigenvalue weighted by molar-refractivity contribution is -0.384. The predicted octanol–water partition coefficient (Wildman–Crippen LogP) is 1.30. The molecule has 7 heteroatoms. The van der Waals surface area contributed by atoms with Crippen molar-refractivity contribution in [2.24, 2.45) is 11.7 Å². The van der Waals surface area contributed by atoms with Gasteiger partial charge in [0.25, 0.3) is 5.69 Å². The Morgan fingerprint density at radius 2 is 2.11 bits per heavy atom. The topological polar surface area (TPSA) is 113 Å². The first-order valence-electron chi connectivity index (χ1n) is 5.54. The van der Waals surface area contributed by atoms with Crippen molar-refractivity contribution in [1.29, 1.82) is 0 Å². The van der Waals surface area contributed by atoms with Crippen LogP contribution in [0, 0.1) is 16.0 Å². The number of benzene rings is 1. The first kappa shape index (κ1) is 14.6. The lowest BCUT2D eigenvalue weighted by Gasteiger charge is -2.12. The van der Waals surface area contributed by atoms with Gasteiger partial charge in [0.1, 0.15) is 5.75 Å². The van der Waals surface area contributed by atoms with Crippen LogP contribution < -0.4 is 10.5 Å². The van der Waals surface area contributed by atoms with Crippen LogP contribution in [0.25, 0.3) is 0 Å². The van der Waals surface area contributed by atoms with Gasteiger partial charge in [0.05, 0.1) is 23.0 Å². The summed E-state index contributed by atoms with van der Waals surface area (Å²) in [7, 11) is 0. The highest BCUT2D eigenvalue weighted by atomic mass is 16.6. The van der Waals surface area contributed by atoms with Gasteiger partial charge >= 0.3 is 0 Å². The van der Waals surface area contributed by atoms with Crippen molar-refractivity contribution in [3.05, 3.63) is 33.9 Å². The maximum absolute atomic E-state index is 11.4. The summed E-state index contributed by atoms with van der Waals surface area (Å²) in [5, 5.41) is 10.6. The van der Waals surface area contributed by atoms with E-state index in [4.69, 9.17) is 10.5 Å². The van der Waals surface area contributed by atoms with E-state index in [1.54, 1.807) is 6.92 Å². The van der Waals surface area contributed by atoms with E-state index in [0.717, 1.165) is 6.07 Å². The molecular formula is C12H14N2O5. The van der Waals surface area contributed by atoms with E-state index >= 15 is 0 Å². The van der Waals surface area contributed by atoms with Gasteiger partial charge in [-0.1, -0.05) is 6.92 Å². The Bertz CT molecular complexity index is 527. The second-order valence-electron chi connectivity index (χ2n) is 4.11. The number of rotatable bonds is 6. The van der Waals surface area contributed by atoms with E-state index in [2.05, 4.69) is 0 Å². The number of nitrogens with zero attached hydrogens (tertiary/aromatic N) is 1. The summed E-state index contributed by atoms with van der Waals surface area (Å²) in [4.78, 5) is 32.3. The SMILES string of the molecule is CC(=O)c1cc([N+](=O)[O-])ccc1OCC(C)C(N)=O. The molecule has 1 atom stereocenters. The predicted molar refractivity (Wildman–Crippen MR) is 67.0 cm³/mol. The molecule has 0 bridgehead atoms. The lowest BCUT2D eigenvalue weighted by atomic mass is 10.1. The molecule has 2 N–H and O–H groups in total. The number of nitro benzene ring substituents is 1. The summed E-state index contributed by atoms with van der Waals surface area (Å²) in [5.74, 6) is -1.20. The molecule has 0 spiro atoms. The third-order valence-corrected chi connectivity index (χ3v) is 2.53. The number of ketones is 1. The third kappa shape index (κ3) is 3.77. The number of carbonyl (C=O) groups is 2. The minimum absolute atomic E-state index is 0.00737. The number of nitrogens with two attached hydrogens (primary N) is 1. The molecule has 102 valence electrons. The van der Waals surface area contributed by atoms with Gasteiger partial charge in [0.2, 0.25) is 5.91 Å². The van der Waals surface area contributed by atoms with Crippen LogP contribution in [0.1, 0.15) is 24.2 Å². The second-order valence-corrected chi connectivity index (χ2v) is 4.11. The van der Waals surface area contributed by atoms with Crippen molar-refractivity contribution in [3.8, 4) is 5.75 Å². The summed E-state index contributed by atoms with van der Waals surface area (Å²) >= 11 is 0. The number of Topliss-reactive ketones (excluding diaryl/α,β-unsaturated/α-hetero) is 1. The van der Waals surface area contributed by atoms with Crippen molar-refractivity contribution in [1.82, 2.24) is 0 Å². The van der Waals surface area contributed by atoms with Gasteiger partial charge in [-0.2, -0.15) is 0 Å². The fourth-order valence-electron chi connectivity index (χ4n) is 1.33. The van der Waals surface area contributed by atoms with Crippen LogP contribution in [-0.2, 0) is 4.79 Å². The lowest BCUT2D eigenvalue weighted by Crippen LogP contribution is -2.26. The van der Waals surface area contributed by atoms with E-state index in [0.29, 0.717) is 0 Å². The summed E-state index contributed by atoms with van der Waals surface area (Å²) in [6.45, 7) is 2.87. The molecule has 0 saturated carbocycles. The van der Waals surface area contributed by atoms with Crippen molar-refractivity contribution >= 4 is 17.4 Å². The molecule has 19 heavy (non-hydrogen) atoms. The molecule has 0 aliphatic carbocycles. The summed E-state index contributed by atoms with van der Waals surface area (Å²) < 4.78 is 5.31. The fraction of sp³-hybridized carbons (Fsp3) is 0.333. The van der Waals surface area contributed by atoms with Crippen LogP contribution in [0.3, 0.4) is 0 Å². The normalized spacial score (nSPS) is 11.7. The number of non-ortho nitro benzene ring substituents is 1. The number of ether oxygens (including phenoxy) is 1. The molecular weight excluding hydrogens is 252 g/mol. The molecule has 0 heterocycles. The Balaban J connectivity index is 2.97. The van der Waals surface area contributed by atoms with Crippen LogP contribution >= 0.6 is 0 Å². The number of carbonyl (C=O) groups excluding carboxylic acids is 2. The van der Waals surface area contributed by atoms with E-state index in [1.807, 2.05) is 0 Å². The van der Waals surface area contributed by atoms with Crippen LogP contribution in [0.15, 0.2) is 18.2 Å². The quantitative estimate of drug-likeness (QED) is 0.473. The molecule has 0 radical (unpaired) electrons. The molecule has 0 fully saturated rings. The maximum atomic E-state index is 11.4. The molecule has 0 aromatic heterocycles. The van der Waals surface area contributed by atoms with E-state index in [1.165, 1.54) is 19.1 Å². The minimum atomic E-state index is -0.595. The zero-order valence-electron chi connectivity index (χ0n) is 10.6. The van der Waals surface area contributed by atoms with Crippen molar-refractivity contribution in [3.63, 3.8) is 0 Å². The van der Waals surface area contributed by atoms with Gasteiger partial charge in [-0.3, -0.25) is 19.7 Å². The number of hydrogen-bond donors (Lipinski definition) is 1. The Hall–Kier alpha value is -2.44. The first-order valence-corrected chi connectivity index (χ1v) is 5.54. The number of nitro groups is 1. The van der Waals surface area contributed by atoms with Crippen molar-refractivity contribution in [2.45, 2.75) is 13.8 Å². The standard InChI is InChI=1S/C12H14N2O5/c1-7(12(13)16)6-19-11-4-3-9(14(17)18)5-10(11)8(2)15/h3-5,7H,6H2,1-2H3,(H2,13,16). The van der Waals surface area contributed by atoms with Crippen LogP contribution in [-0.4, -0.2) is 23.2 Å². The van der Waals surface area contributed by atoms with E-state index in [-0.39, 0.29) is 29.4 Å². The monoisotopic (exact) mass is 266 g/mol. The van der Waals surface area contributed by atoms with Crippen molar-refractivity contribution < 1.29 is 19.2 Å². The van der Waals surface area contributed by atoms with Crippen LogP contribution in [0.2, 0.25) is 0 Å². The molecule has 1 unspecified atom stereocenters. The molecule has 0 saturated heterocycles. The summed E-state index contributed by atoms with van der Waals surface area (Å²) in [5.41, 5.74) is 5.00. The van der Waals surface area contributed by atoms with Gasteiger partial charge in [0.15, 0.2) is 5.78 Å². The van der Waals surface area contributed by atoms with E-state index in [9.17, 15) is 19.7 Å². The number of primary amides is 1. The number of amides is 1. The molecule has 1 amide bonds. The second kappa shape index (κ2) is 5.94. The van der Waals surface area contributed by atoms with Gasteiger partial charge < -0.3 is 10.5 Å². The Morgan fingerprint density at radius 3 is 2.58 bits per heavy atom. The molecule has 0 aliphatic rings. The van der Waals surface area contributed by atoms with Crippen LogP contribution in [0.4, 0.5) is 5.69 Å². The Labute approximate surface area is 109 Å². The zero-order chi connectivity index (χ0) is 14.6. The fourth-order valence-corrected chi connectivity index (χ4v) is 1.33. The Morgan fingerprint density at radius 1 is 1.47 bits per heavy atom. The molecule has 1 aromatic rings. The van der Waals surface area contributed by atoms with Gasteiger partial charge in [-0.25, -0.2) is 0 Å². The third-order valence-electron chi connectivity index (χ3n) is 2.53. The highest BCUT2D eigenvalue weighted by Crippen LogP contribution is 2.25.